The highest BCUT2D eigenvalue weighted by atomic mass is 79.9. The topological polar surface area (TPSA) is 41.1 Å². The van der Waals surface area contributed by atoms with Crippen molar-refractivity contribution in [3.8, 4) is 0 Å². The Bertz CT molecular complexity index is 409. The van der Waals surface area contributed by atoms with Crippen LogP contribution in [-0.4, -0.2) is 18.5 Å². The van der Waals surface area contributed by atoms with Gasteiger partial charge in [0.2, 0.25) is 5.91 Å². The van der Waals surface area contributed by atoms with Gasteiger partial charge in [0.05, 0.1) is 6.54 Å². The summed E-state index contributed by atoms with van der Waals surface area (Å²) < 4.78 is 1.06. The Hall–Kier alpha value is -0.870. The molecule has 0 spiro atoms. The van der Waals surface area contributed by atoms with Crippen molar-refractivity contribution in [1.82, 2.24) is 10.6 Å². The van der Waals surface area contributed by atoms with Gasteiger partial charge in [-0.15, -0.1) is 0 Å². The van der Waals surface area contributed by atoms with Gasteiger partial charge in [0, 0.05) is 16.6 Å². The molecule has 0 aliphatic heterocycles. The highest BCUT2D eigenvalue weighted by Gasteiger charge is 2.09. The zero-order valence-electron chi connectivity index (χ0n) is 11.9. The molecule has 0 radical (unpaired) electrons. The summed E-state index contributed by atoms with van der Waals surface area (Å²) in [5, 5.41) is 6.23. The maximum absolute atomic E-state index is 11.7. The number of hydrogen-bond donors (Lipinski definition) is 2. The lowest BCUT2D eigenvalue weighted by atomic mass is 10.1. The van der Waals surface area contributed by atoms with E-state index in [2.05, 4.69) is 52.5 Å². The third-order valence-electron chi connectivity index (χ3n) is 3.05. The third kappa shape index (κ3) is 6.21. The summed E-state index contributed by atoms with van der Waals surface area (Å²) in [5.41, 5.74) is 1.17. The lowest BCUT2D eigenvalue weighted by molar-refractivity contribution is -0.121. The van der Waals surface area contributed by atoms with Crippen LogP contribution in [-0.2, 0) is 4.79 Å². The van der Waals surface area contributed by atoms with Crippen molar-refractivity contribution in [2.45, 2.75) is 45.7 Å². The van der Waals surface area contributed by atoms with Crippen LogP contribution >= 0.6 is 15.9 Å². The van der Waals surface area contributed by atoms with Crippen molar-refractivity contribution in [3.63, 3.8) is 0 Å². The van der Waals surface area contributed by atoms with Crippen LogP contribution in [0.4, 0.5) is 0 Å². The molecule has 19 heavy (non-hydrogen) atoms. The molecule has 0 aromatic heterocycles. The molecule has 0 aliphatic rings. The molecule has 2 atom stereocenters. The first-order valence-electron chi connectivity index (χ1n) is 6.81. The summed E-state index contributed by atoms with van der Waals surface area (Å²) in [4.78, 5) is 11.7. The van der Waals surface area contributed by atoms with Gasteiger partial charge < -0.3 is 10.6 Å². The SMILES string of the molecule is CCCC(C)NC(=O)CN[C@@H](C)c1cccc(Br)c1. The average molecular weight is 327 g/mol. The predicted octanol–water partition coefficient (Wildman–Crippen LogP) is 3.40. The summed E-state index contributed by atoms with van der Waals surface area (Å²) in [6.07, 6.45) is 2.11. The zero-order chi connectivity index (χ0) is 14.3. The van der Waals surface area contributed by atoms with Crippen LogP contribution in [0.1, 0.15) is 45.2 Å². The fourth-order valence-corrected chi connectivity index (χ4v) is 2.39. The number of amides is 1. The molecule has 0 saturated carbocycles. The van der Waals surface area contributed by atoms with Gasteiger partial charge in [-0.25, -0.2) is 0 Å². The molecule has 0 saturated heterocycles. The van der Waals surface area contributed by atoms with Gasteiger partial charge in [-0.2, -0.15) is 0 Å². The van der Waals surface area contributed by atoms with Crippen molar-refractivity contribution < 1.29 is 4.79 Å². The van der Waals surface area contributed by atoms with Crippen LogP contribution in [0.25, 0.3) is 0 Å². The van der Waals surface area contributed by atoms with Gasteiger partial charge in [-0.05, 0) is 38.0 Å². The smallest absolute Gasteiger partial charge is 0.234 e. The Morgan fingerprint density at radius 2 is 2.11 bits per heavy atom. The van der Waals surface area contributed by atoms with E-state index in [-0.39, 0.29) is 18.0 Å². The van der Waals surface area contributed by atoms with E-state index < -0.39 is 0 Å². The Labute approximate surface area is 124 Å². The van der Waals surface area contributed by atoms with E-state index in [1.165, 1.54) is 5.56 Å². The van der Waals surface area contributed by atoms with Gasteiger partial charge in [-0.1, -0.05) is 41.4 Å². The summed E-state index contributed by atoms with van der Waals surface area (Å²) >= 11 is 3.45. The molecule has 1 amide bonds. The molecule has 1 unspecified atom stereocenters. The zero-order valence-corrected chi connectivity index (χ0v) is 13.5. The molecule has 2 N–H and O–H groups in total. The Morgan fingerprint density at radius 1 is 1.37 bits per heavy atom. The van der Waals surface area contributed by atoms with E-state index in [1.807, 2.05) is 19.1 Å². The Balaban J connectivity index is 2.37. The summed E-state index contributed by atoms with van der Waals surface area (Å²) in [6, 6.07) is 8.52. The quantitative estimate of drug-likeness (QED) is 0.806. The summed E-state index contributed by atoms with van der Waals surface area (Å²) in [5.74, 6) is 0.0581. The summed E-state index contributed by atoms with van der Waals surface area (Å²) in [6.45, 7) is 6.57. The third-order valence-corrected chi connectivity index (χ3v) is 3.54. The second-order valence-electron chi connectivity index (χ2n) is 4.91. The minimum absolute atomic E-state index is 0.0581. The number of rotatable bonds is 7. The molecular weight excluding hydrogens is 304 g/mol. The van der Waals surface area contributed by atoms with E-state index in [0.29, 0.717) is 6.54 Å². The van der Waals surface area contributed by atoms with Crippen molar-refractivity contribution >= 4 is 21.8 Å². The second-order valence-corrected chi connectivity index (χ2v) is 5.83. The number of hydrogen-bond acceptors (Lipinski definition) is 2. The lowest BCUT2D eigenvalue weighted by Gasteiger charge is -2.16. The van der Waals surface area contributed by atoms with Gasteiger partial charge >= 0.3 is 0 Å². The molecule has 1 rings (SSSR count). The van der Waals surface area contributed by atoms with E-state index in [1.54, 1.807) is 0 Å². The number of carbonyl (C=O) groups excluding carboxylic acids is 1. The lowest BCUT2D eigenvalue weighted by Crippen LogP contribution is -2.39. The molecular formula is C15H23BrN2O. The molecule has 0 aliphatic carbocycles. The van der Waals surface area contributed by atoms with E-state index in [4.69, 9.17) is 0 Å². The van der Waals surface area contributed by atoms with E-state index >= 15 is 0 Å². The monoisotopic (exact) mass is 326 g/mol. The molecule has 3 nitrogen and oxygen atoms in total. The number of carbonyl (C=O) groups is 1. The standard InChI is InChI=1S/C15H23BrN2O/c1-4-6-11(2)18-15(19)10-17-12(3)13-7-5-8-14(16)9-13/h5,7-9,11-12,17H,4,6,10H2,1-3H3,(H,18,19)/t11?,12-/m0/s1. The maximum Gasteiger partial charge on any atom is 0.234 e. The molecule has 0 fully saturated rings. The first kappa shape index (κ1) is 16.2. The highest BCUT2D eigenvalue weighted by molar-refractivity contribution is 9.10. The highest BCUT2D eigenvalue weighted by Crippen LogP contribution is 2.17. The van der Waals surface area contributed by atoms with Crippen LogP contribution in [0.15, 0.2) is 28.7 Å². The predicted molar refractivity (Wildman–Crippen MR) is 83.1 cm³/mol. The van der Waals surface area contributed by atoms with Gasteiger partial charge in [0.25, 0.3) is 0 Å². The van der Waals surface area contributed by atoms with Crippen LogP contribution < -0.4 is 10.6 Å². The molecule has 4 heteroatoms. The molecule has 1 aromatic rings. The van der Waals surface area contributed by atoms with Crippen molar-refractivity contribution in [3.05, 3.63) is 34.3 Å². The van der Waals surface area contributed by atoms with Crippen LogP contribution in [0.5, 0.6) is 0 Å². The molecule has 106 valence electrons. The maximum atomic E-state index is 11.7. The first-order valence-corrected chi connectivity index (χ1v) is 7.60. The number of benzene rings is 1. The second kappa shape index (κ2) is 8.33. The minimum atomic E-state index is 0.0581. The normalized spacial score (nSPS) is 13.9. The summed E-state index contributed by atoms with van der Waals surface area (Å²) in [7, 11) is 0. The minimum Gasteiger partial charge on any atom is -0.353 e. The van der Waals surface area contributed by atoms with Gasteiger partial charge in [0.1, 0.15) is 0 Å². The van der Waals surface area contributed by atoms with Crippen molar-refractivity contribution in [2.24, 2.45) is 0 Å². The van der Waals surface area contributed by atoms with Crippen molar-refractivity contribution in [1.29, 1.82) is 0 Å². The fourth-order valence-electron chi connectivity index (χ4n) is 1.97. The average Bonchev–Trinajstić information content (AvgIpc) is 2.36. The fraction of sp³-hybridized carbons (Fsp3) is 0.533. The van der Waals surface area contributed by atoms with Crippen LogP contribution in [0, 0.1) is 0 Å². The first-order chi connectivity index (χ1) is 9.02. The number of halogens is 1. The van der Waals surface area contributed by atoms with Crippen LogP contribution in [0.3, 0.4) is 0 Å². The number of nitrogens with one attached hydrogen (secondary N) is 2. The van der Waals surface area contributed by atoms with Gasteiger partial charge in [0.15, 0.2) is 0 Å². The van der Waals surface area contributed by atoms with Gasteiger partial charge in [-0.3, -0.25) is 4.79 Å². The van der Waals surface area contributed by atoms with E-state index in [0.717, 1.165) is 17.3 Å². The molecule has 1 aromatic carbocycles. The van der Waals surface area contributed by atoms with Crippen molar-refractivity contribution in [2.75, 3.05) is 6.54 Å². The Kier molecular flexibility index (Phi) is 7.10. The molecule has 0 bridgehead atoms. The Morgan fingerprint density at radius 3 is 2.74 bits per heavy atom. The van der Waals surface area contributed by atoms with E-state index in [9.17, 15) is 4.79 Å². The molecule has 0 heterocycles. The largest absolute Gasteiger partial charge is 0.353 e. The van der Waals surface area contributed by atoms with Crippen LogP contribution in [0.2, 0.25) is 0 Å².